The first-order valence-corrected chi connectivity index (χ1v) is 10.3. The fourth-order valence-corrected chi connectivity index (χ4v) is 3.36. The zero-order chi connectivity index (χ0) is 23.5. The van der Waals surface area contributed by atoms with Crippen molar-refractivity contribution in [2.45, 2.75) is 19.9 Å². The molecule has 0 aliphatic heterocycles. The summed E-state index contributed by atoms with van der Waals surface area (Å²) in [7, 11) is 0. The predicted octanol–water partition coefficient (Wildman–Crippen LogP) is 3.89. The fraction of sp³-hybridized carbons (Fsp3) is 0.120. The molecule has 166 valence electrons. The van der Waals surface area contributed by atoms with Gasteiger partial charge in [-0.25, -0.2) is 9.37 Å². The third-order valence-corrected chi connectivity index (χ3v) is 5.22. The molecule has 0 saturated heterocycles. The molecule has 0 spiro atoms. The van der Waals surface area contributed by atoms with E-state index in [0.29, 0.717) is 16.9 Å². The van der Waals surface area contributed by atoms with E-state index in [1.807, 2.05) is 13.0 Å². The largest absolute Gasteiger partial charge is 0.345 e. The molecule has 0 radical (unpaired) electrons. The SMILES string of the molecule is Cc1ccc2ncc(C(=O)NC(C)c3ccc(NC(=O)c4ccc(F)cc4)cc3)c(=O)n2c1. The van der Waals surface area contributed by atoms with Crippen molar-refractivity contribution in [1.29, 1.82) is 0 Å². The smallest absolute Gasteiger partial charge is 0.270 e. The summed E-state index contributed by atoms with van der Waals surface area (Å²) in [6.07, 6.45) is 2.92. The lowest BCUT2D eigenvalue weighted by Gasteiger charge is -2.15. The molecular formula is C25H21FN4O3. The molecular weight excluding hydrogens is 423 g/mol. The first kappa shape index (κ1) is 21.9. The van der Waals surface area contributed by atoms with E-state index in [1.165, 1.54) is 34.9 Å². The minimum atomic E-state index is -0.524. The molecule has 0 fully saturated rings. The molecule has 33 heavy (non-hydrogen) atoms. The number of amides is 2. The van der Waals surface area contributed by atoms with Crippen LogP contribution < -0.4 is 16.2 Å². The lowest BCUT2D eigenvalue weighted by molar-refractivity contribution is 0.0937. The highest BCUT2D eigenvalue weighted by atomic mass is 19.1. The molecule has 8 heteroatoms. The fourth-order valence-electron chi connectivity index (χ4n) is 3.36. The average molecular weight is 444 g/mol. The number of aromatic nitrogens is 2. The maximum absolute atomic E-state index is 13.0. The van der Waals surface area contributed by atoms with Crippen molar-refractivity contribution < 1.29 is 14.0 Å². The number of pyridine rings is 1. The molecule has 1 atom stereocenters. The van der Waals surface area contributed by atoms with Crippen LogP contribution in [0.1, 0.15) is 44.8 Å². The number of carbonyl (C=O) groups is 2. The van der Waals surface area contributed by atoms with Crippen LogP contribution in [-0.2, 0) is 0 Å². The van der Waals surface area contributed by atoms with E-state index in [4.69, 9.17) is 0 Å². The maximum atomic E-state index is 13.0. The van der Waals surface area contributed by atoms with Crippen LogP contribution in [0.3, 0.4) is 0 Å². The lowest BCUT2D eigenvalue weighted by atomic mass is 10.1. The van der Waals surface area contributed by atoms with E-state index >= 15 is 0 Å². The quantitative estimate of drug-likeness (QED) is 0.489. The summed E-state index contributed by atoms with van der Waals surface area (Å²) in [6.45, 7) is 3.65. The summed E-state index contributed by atoms with van der Waals surface area (Å²) >= 11 is 0. The van der Waals surface area contributed by atoms with Crippen LogP contribution in [0, 0.1) is 12.7 Å². The Bertz CT molecular complexity index is 1400. The van der Waals surface area contributed by atoms with Gasteiger partial charge in [-0.3, -0.25) is 18.8 Å². The van der Waals surface area contributed by atoms with Crippen molar-refractivity contribution in [3.8, 4) is 0 Å². The molecule has 0 aliphatic rings. The molecule has 2 N–H and O–H groups in total. The Morgan fingerprint density at radius 2 is 1.67 bits per heavy atom. The van der Waals surface area contributed by atoms with Gasteiger partial charge in [0.15, 0.2) is 0 Å². The number of carbonyl (C=O) groups excluding carboxylic acids is 2. The highest BCUT2D eigenvalue weighted by Crippen LogP contribution is 2.17. The van der Waals surface area contributed by atoms with Gasteiger partial charge in [-0.05, 0) is 67.4 Å². The van der Waals surface area contributed by atoms with Crippen molar-refractivity contribution in [1.82, 2.24) is 14.7 Å². The van der Waals surface area contributed by atoms with E-state index in [2.05, 4.69) is 15.6 Å². The van der Waals surface area contributed by atoms with Gasteiger partial charge in [-0.2, -0.15) is 0 Å². The molecule has 0 aliphatic carbocycles. The number of halogens is 1. The monoisotopic (exact) mass is 444 g/mol. The lowest BCUT2D eigenvalue weighted by Crippen LogP contribution is -2.33. The van der Waals surface area contributed by atoms with Crippen LogP contribution in [-0.4, -0.2) is 21.2 Å². The number of rotatable bonds is 5. The van der Waals surface area contributed by atoms with Gasteiger partial charge in [-0.1, -0.05) is 18.2 Å². The second-order valence-electron chi connectivity index (χ2n) is 7.69. The zero-order valence-electron chi connectivity index (χ0n) is 18.0. The Labute approximate surface area is 188 Å². The van der Waals surface area contributed by atoms with Crippen molar-refractivity contribution in [2.24, 2.45) is 0 Å². The number of fused-ring (bicyclic) bond motifs is 1. The van der Waals surface area contributed by atoms with Crippen LogP contribution in [0.4, 0.5) is 10.1 Å². The summed E-state index contributed by atoms with van der Waals surface area (Å²) < 4.78 is 14.4. The Kier molecular flexibility index (Phi) is 5.99. The van der Waals surface area contributed by atoms with Crippen LogP contribution in [0.2, 0.25) is 0 Å². The van der Waals surface area contributed by atoms with Gasteiger partial charge >= 0.3 is 0 Å². The topological polar surface area (TPSA) is 92.6 Å². The second-order valence-corrected chi connectivity index (χ2v) is 7.69. The summed E-state index contributed by atoms with van der Waals surface area (Å²) in [5.74, 6) is -1.29. The van der Waals surface area contributed by atoms with Gasteiger partial charge in [0, 0.05) is 23.6 Å². The Morgan fingerprint density at radius 1 is 0.970 bits per heavy atom. The number of nitrogens with one attached hydrogen (secondary N) is 2. The van der Waals surface area contributed by atoms with Gasteiger partial charge < -0.3 is 10.6 Å². The average Bonchev–Trinajstić information content (AvgIpc) is 2.80. The Balaban J connectivity index is 1.45. The molecule has 0 bridgehead atoms. The molecule has 2 aromatic heterocycles. The standard InChI is InChI=1S/C25H21FN4O3/c1-15-3-12-22-27-13-21(25(33)30(22)14-15)24(32)28-16(2)17-6-10-20(11-7-17)29-23(31)18-4-8-19(26)9-5-18/h3-14,16H,1-2H3,(H,28,32)(H,29,31). The Hall–Kier alpha value is -4.33. The molecule has 2 heterocycles. The van der Waals surface area contributed by atoms with Crippen LogP contribution in [0.5, 0.6) is 0 Å². The number of aryl methyl sites for hydroxylation is 1. The summed E-state index contributed by atoms with van der Waals surface area (Å²) in [6, 6.07) is 15.4. The Morgan fingerprint density at radius 3 is 2.36 bits per heavy atom. The third-order valence-electron chi connectivity index (χ3n) is 5.22. The number of anilines is 1. The first-order chi connectivity index (χ1) is 15.8. The minimum absolute atomic E-state index is 0.0480. The predicted molar refractivity (Wildman–Crippen MR) is 123 cm³/mol. The number of hydrogen-bond acceptors (Lipinski definition) is 4. The number of benzene rings is 2. The normalized spacial score (nSPS) is 11.7. The molecule has 1 unspecified atom stereocenters. The van der Waals surface area contributed by atoms with E-state index < -0.39 is 23.3 Å². The number of hydrogen-bond donors (Lipinski definition) is 2. The van der Waals surface area contributed by atoms with E-state index in [1.54, 1.807) is 43.5 Å². The first-order valence-electron chi connectivity index (χ1n) is 10.3. The van der Waals surface area contributed by atoms with Crippen LogP contribution in [0.15, 0.2) is 77.9 Å². The van der Waals surface area contributed by atoms with Gasteiger partial charge in [0.05, 0.1) is 6.04 Å². The summed E-state index contributed by atoms with van der Waals surface area (Å²) in [4.78, 5) is 41.9. The van der Waals surface area contributed by atoms with Crippen molar-refractivity contribution in [3.63, 3.8) is 0 Å². The highest BCUT2D eigenvalue weighted by Gasteiger charge is 2.17. The molecule has 4 rings (SSSR count). The van der Waals surface area contributed by atoms with Crippen LogP contribution >= 0.6 is 0 Å². The summed E-state index contributed by atoms with van der Waals surface area (Å²) in [5, 5.41) is 5.55. The zero-order valence-corrected chi connectivity index (χ0v) is 18.0. The van der Waals surface area contributed by atoms with E-state index in [0.717, 1.165) is 11.1 Å². The van der Waals surface area contributed by atoms with Crippen molar-refractivity contribution in [2.75, 3.05) is 5.32 Å². The third kappa shape index (κ3) is 4.79. The van der Waals surface area contributed by atoms with Gasteiger partial charge in [0.25, 0.3) is 17.4 Å². The molecule has 7 nitrogen and oxygen atoms in total. The van der Waals surface area contributed by atoms with E-state index in [-0.39, 0.29) is 11.5 Å². The minimum Gasteiger partial charge on any atom is -0.345 e. The number of nitrogens with zero attached hydrogens (tertiary/aromatic N) is 2. The second kappa shape index (κ2) is 9.04. The van der Waals surface area contributed by atoms with Gasteiger partial charge in [0.2, 0.25) is 0 Å². The van der Waals surface area contributed by atoms with Gasteiger partial charge in [-0.15, -0.1) is 0 Å². The van der Waals surface area contributed by atoms with Crippen LogP contribution in [0.25, 0.3) is 5.65 Å². The molecule has 2 aromatic carbocycles. The van der Waals surface area contributed by atoms with Crippen molar-refractivity contribution >= 4 is 23.1 Å². The van der Waals surface area contributed by atoms with Crippen molar-refractivity contribution in [3.05, 3.63) is 111 Å². The van der Waals surface area contributed by atoms with E-state index in [9.17, 15) is 18.8 Å². The molecule has 4 aromatic rings. The van der Waals surface area contributed by atoms with Gasteiger partial charge in [0.1, 0.15) is 17.0 Å². The molecule has 0 saturated carbocycles. The summed E-state index contributed by atoms with van der Waals surface area (Å²) in [5.41, 5.74) is 2.54. The highest BCUT2D eigenvalue weighted by molar-refractivity contribution is 6.04. The maximum Gasteiger partial charge on any atom is 0.270 e. The molecule has 2 amide bonds.